The van der Waals surface area contributed by atoms with Crippen molar-refractivity contribution in [3.05, 3.63) is 29.3 Å². The van der Waals surface area contributed by atoms with Gasteiger partial charge in [-0.3, -0.25) is 5.32 Å². The molecule has 1 aromatic rings. The van der Waals surface area contributed by atoms with E-state index in [1.807, 2.05) is 39.8 Å². The molecule has 0 spiro atoms. The molecule has 0 fully saturated rings. The van der Waals surface area contributed by atoms with E-state index in [4.69, 9.17) is 4.74 Å². The Morgan fingerprint density at radius 1 is 1.37 bits per heavy atom. The molecule has 104 valence electrons. The van der Waals surface area contributed by atoms with Crippen molar-refractivity contribution in [3.63, 3.8) is 0 Å². The normalized spacial score (nSPS) is 13.9. The number of rotatable bonds is 6. The van der Waals surface area contributed by atoms with E-state index in [1.54, 1.807) is 0 Å². The van der Waals surface area contributed by atoms with Crippen molar-refractivity contribution in [1.29, 1.82) is 5.26 Å². The summed E-state index contributed by atoms with van der Waals surface area (Å²) >= 11 is 0. The first-order valence-electron chi connectivity index (χ1n) is 6.75. The van der Waals surface area contributed by atoms with E-state index in [0.29, 0.717) is 13.0 Å². The van der Waals surface area contributed by atoms with Crippen LogP contribution in [0.15, 0.2) is 18.2 Å². The van der Waals surface area contributed by atoms with Crippen LogP contribution in [0, 0.1) is 25.2 Å². The zero-order chi connectivity index (χ0) is 14.5. The summed E-state index contributed by atoms with van der Waals surface area (Å²) in [5.74, 6) is 0.899. The lowest BCUT2D eigenvalue weighted by atomic mass is 9.99. The van der Waals surface area contributed by atoms with E-state index in [2.05, 4.69) is 24.4 Å². The predicted molar refractivity (Wildman–Crippen MR) is 78.3 cm³/mol. The third-order valence-electron chi connectivity index (χ3n) is 3.04. The molecule has 0 heterocycles. The summed E-state index contributed by atoms with van der Waals surface area (Å²) in [6.07, 6.45) is 0.662. The number of hydrogen-bond donors (Lipinski definition) is 1. The lowest BCUT2D eigenvalue weighted by molar-refractivity contribution is 0.259. The highest BCUT2D eigenvalue weighted by Gasteiger charge is 2.24. The van der Waals surface area contributed by atoms with Crippen LogP contribution in [0.4, 0.5) is 0 Å². The van der Waals surface area contributed by atoms with E-state index in [-0.39, 0.29) is 6.04 Å². The fourth-order valence-electron chi connectivity index (χ4n) is 2.12. The maximum absolute atomic E-state index is 9.25. The number of nitrogens with zero attached hydrogens (tertiary/aromatic N) is 1. The van der Waals surface area contributed by atoms with Crippen molar-refractivity contribution in [1.82, 2.24) is 5.32 Å². The molecule has 0 bridgehead atoms. The second-order valence-corrected chi connectivity index (χ2v) is 5.61. The minimum Gasteiger partial charge on any atom is -0.493 e. The molecule has 0 radical (unpaired) electrons. The van der Waals surface area contributed by atoms with Crippen molar-refractivity contribution >= 4 is 0 Å². The fraction of sp³-hybridized carbons (Fsp3) is 0.562. The zero-order valence-corrected chi connectivity index (χ0v) is 12.6. The summed E-state index contributed by atoms with van der Waals surface area (Å²) in [5, 5.41) is 12.5. The minimum absolute atomic E-state index is 0.283. The first kappa shape index (κ1) is 15.5. The van der Waals surface area contributed by atoms with Gasteiger partial charge in [-0.1, -0.05) is 17.7 Å². The topological polar surface area (TPSA) is 45.0 Å². The SMILES string of the molecule is Cc1ccc(OCCC(C)(C#N)NC(C)C)c(C)c1. The Kier molecular flexibility index (Phi) is 5.38. The zero-order valence-electron chi connectivity index (χ0n) is 12.6. The van der Waals surface area contributed by atoms with E-state index >= 15 is 0 Å². The van der Waals surface area contributed by atoms with Crippen molar-refractivity contribution < 1.29 is 4.74 Å². The third kappa shape index (κ3) is 4.92. The molecule has 1 unspecified atom stereocenters. The first-order valence-corrected chi connectivity index (χ1v) is 6.75. The maximum Gasteiger partial charge on any atom is 0.122 e. The molecule has 1 aromatic carbocycles. The Hall–Kier alpha value is -1.53. The van der Waals surface area contributed by atoms with Crippen molar-refractivity contribution in [3.8, 4) is 11.8 Å². The molecule has 0 aliphatic heterocycles. The molecule has 3 heteroatoms. The quantitative estimate of drug-likeness (QED) is 0.853. The van der Waals surface area contributed by atoms with Crippen LogP contribution in [0.25, 0.3) is 0 Å². The van der Waals surface area contributed by atoms with Crippen LogP contribution in [0.5, 0.6) is 5.75 Å². The average Bonchev–Trinajstić information content (AvgIpc) is 2.31. The van der Waals surface area contributed by atoms with Gasteiger partial charge in [0.1, 0.15) is 11.3 Å². The van der Waals surface area contributed by atoms with Gasteiger partial charge in [0.05, 0.1) is 12.7 Å². The molecule has 0 aliphatic carbocycles. The molecule has 0 aromatic heterocycles. The number of ether oxygens (including phenoxy) is 1. The van der Waals surface area contributed by atoms with E-state index in [1.165, 1.54) is 5.56 Å². The number of aryl methyl sites for hydroxylation is 2. The van der Waals surface area contributed by atoms with Crippen molar-refractivity contribution in [2.45, 2.75) is 52.6 Å². The van der Waals surface area contributed by atoms with Crippen LogP contribution in [0.3, 0.4) is 0 Å². The van der Waals surface area contributed by atoms with Crippen LogP contribution in [0.1, 0.15) is 38.3 Å². The van der Waals surface area contributed by atoms with Crippen LogP contribution < -0.4 is 10.1 Å². The van der Waals surface area contributed by atoms with Gasteiger partial charge in [-0.2, -0.15) is 5.26 Å². The minimum atomic E-state index is -0.535. The van der Waals surface area contributed by atoms with E-state index in [0.717, 1.165) is 11.3 Å². The second kappa shape index (κ2) is 6.58. The van der Waals surface area contributed by atoms with Crippen LogP contribution in [0.2, 0.25) is 0 Å². The summed E-state index contributed by atoms with van der Waals surface area (Å²) < 4.78 is 5.78. The largest absolute Gasteiger partial charge is 0.493 e. The predicted octanol–water partition coefficient (Wildman–Crippen LogP) is 3.35. The van der Waals surface area contributed by atoms with Gasteiger partial charge in [0.25, 0.3) is 0 Å². The van der Waals surface area contributed by atoms with Gasteiger partial charge in [-0.05, 0) is 46.2 Å². The highest BCUT2D eigenvalue weighted by Crippen LogP contribution is 2.20. The van der Waals surface area contributed by atoms with Gasteiger partial charge in [0.2, 0.25) is 0 Å². The molecule has 1 atom stereocenters. The van der Waals surface area contributed by atoms with Gasteiger partial charge in [0.15, 0.2) is 0 Å². The van der Waals surface area contributed by atoms with Crippen LogP contribution in [-0.4, -0.2) is 18.2 Å². The second-order valence-electron chi connectivity index (χ2n) is 5.61. The molecular weight excluding hydrogens is 236 g/mol. The monoisotopic (exact) mass is 260 g/mol. The Labute approximate surface area is 116 Å². The first-order chi connectivity index (χ1) is 8.86. The number of nitriles is 1. The Balaban J connectivity index is 2.55. The molecule has 0 amide bonds. The summed E-state index contributed by atoms with van der Waals surface area (Å²) in [6, 6.07) is 8.74. The summed E-state index contributed by atoms with van der Waals surface area (Å²) in [4.78, 5) is 0. The summed E-state index contributed by atoms with van der Waals surface area (Å²) in [5.41, 5.74) is 1.83. The average molecular weight is 260 g/mol. The fourth-order valence-corrected chi connectivity index (χ4v) is 2.12. The Morgan fingerprint density at radius 2 is 2.05 bits per heavy atom. The lowest BCUT2D eigenvalue weighted by Gasteiger charge is -2.26. The molecule has 1 N–H and O–H groups in total. The smallest absolute Gasteiger partial charge is 0.122 e. The van der Waals surface area contributed by atoms with Crippen LogP contribution in [-0.2, 0) is 0 Å². The van der Waals surface area contributed by atoms with Gasteiger partial charge >= 0.3 is 0 Å². The Bertz CT molecular complexity index is 462. The molecule has 3 nitrogen and oxygen atoms in total. The molecule has 0 aliphatic rings. The van der Waals surface area contributed by atoms with Gasteiger partial charge in [-0.25, -0.2) is 0 Å². The molecule has 0 saturated heterocycles. The molecular formula is C16H24N2O. The van der Waals surface area contributed by atoms with Crippen molar-refractivity contribution in [2.75, 3.05) is 6.61 Å². The Morgan fingerprint density at radius 3 is 2.58 bits per heavy atom. The van der Waals surface area contributed by atoms with Crippen LogP contribution >= 0.6 is 0 Å². The summed E-state index contributed by atoms with van der Waals surface area (Å²) in [6.45, 7) is 10.6. The standard InChI is InChI=1S/C16H24N2O/c1-12(2)18-16(5,11-17)8-9-19-15-7-6-13(3)10-14(15)4/h6-7,10,12,18H,8-9H2,1-5H3. The maximum atomic E-state index is 9.25. The van der Waals surface area contributed by atoms with Gasteiger partial charge < -0.3 is 4.74 Å². The third-order valence-corrected chi connectivity index (χ3v) is 3.04. The molecule has 19 heavy (non-hydrogen) atoms. The number of nitrogens with one attached hydrogen (secondary N) is 1. The number of hydrogen-bond acceptors (Lipinski definition) is 3. The van der Waals surface area contributed by atoms with Gasteiger partial charge in [-0.15, -0.1) is 0 Å². The summed E-state index contributed by atoms with van der Waals surface area (Å²) in [7, 11) is 0. The molecule has 1 rings (SSSR count). The highest BCUT2D eigenvalue weighted by molar-refractivity contribution is 5.35. The van der Waals surface area contributed by atoms with Crippen molar-refractivity contribution in [2.24, 2.45) is 0 Å². The lowest BCUT2D eigenvalue weighted by Crippen LogP contribution is -2.45. The molecule has 0 saturated carbocycles. The van der Waals surface area contributed by atoms with E-state index < -0.39 is 5.54 Å². The van der Waals surface area contributed by atoms with Gasteiger partial charge in [0, 0.05) is 12.5 Å². The van der Waals surface area contributed by atoms with E-state index in [9.17, 15) is 5.26 Å². The number of benzene rings is 1. The highest BCUT2D eigenvalue weighted by atomic mass is 16.5.